The normalized spacial score (nSPS) is 21.1. The lowest BCUT2D eigenvalue weighted by atomic mass is 9.63. The first-order valence-electron chi connectivity index (χ1n) is 7.67. The number of carbonyl (C=O) groups is 2. The summed E-state index contributed by atoms with van der Waals surface area (Å²) >= 11 is 0. The van der Waals surface area contributed by atoms with Gasteiger partial charge in [-0.05, 0) is 53.4 Å². The molecule has 0 amide bonds. The Morgan fingerprint density at radius 2 is 2.00 bits per heavy atom. The number of carboxylic acid groups (broad SMARTS) is 1. The number of aliphatic carboxylic acids is 1. The molecule has 1 aromatic carbocycles. The number of rotatable bonds is 3. The van der Waals surface area contributed by atoms with Gasteiger partial charge in [0, 0.05) is 6.42 Å². The van der Waals surface area contributed by atoms with E-state index >= 15 is 0 Å². The Kier molecular flexibility index (Phi) is 4.59. The lowest BCUT2D eigenvalue weighted by molar-refractivity contribution is -0.138. The molecule has 1 aliphatic carbocycles. The van der Waals surface area contributed by atoms with Crippen LogP contribution in [-0.2, 0) is 16.0 Å². The van der Waals surface area contributed by atoms with Crippen molar-refractivity contribution in [3.63, 3.8) is 0 Å². The summed E-state index contributed by atoms with van der Waals surface area (Å²) in [5.74, 6) is -0.891. The number of fused-ring (bicyclic) bond motifs is 1. The predicted octanol–water partition coefficient (Wildman–Crippen LogP) is 3.64. The van der Waals surface area contributed by atoms with Gasteiger partial charge in [0.05, 0.1) is 12.7 Å². The van der Waals surface area contributed by atoms with Crippen molar-refractivity contribution in [1.29, 1.82) is 0 Å². The molecular formula is C18H24O4. The Bertz CT molecular complexity index is 583. The highest BCUT2D eigenvalue weighted by Gasteiger charge is 2.38. The lowest BCUT2D eigenvalue weighted by Crippen LogP contribution is -2.32. The Labute approximate surface area is 131 Å². The molecule has 1 aliphatic rings. The molecule has 0 saturated heterocycles. The zero-order valence-corrected chi connectivity index (χ0v) is 13.7. The zero-order chi connectivity index (χ0) is 16.5. The Morgan fingerprint density at radius 3 is 2.55 bits per heavy atom. The number of methoxy groups -OCH3 is 1. The van der Waals surface area contributed by atoms with E-state index in [0.717, 1.165) is 18.4 Å². The van der Waals surface area contributed by atoms with Crippen LogP contribution in [0.1, 0.15) is 61.0 Å². The fraction of sp³-hybridized carbons (Fsp3) is 0.556. The molecule has 4 heteroatoms. The van der Waals surface area contributed by atoms with Crippen molar-refractivity contribution in [2.24, 2.45) is 11.3 Å². The maximum atomic E-state index is 11.8. The second-order valence-corrected chi connectivity index (χ2v) is 7.15. The summed E-state index contributed by atoms with van der Waals surface area (Å²) in [5, 5.41) is 9.20. The fourth-order valence-corrected chi connectivity index (χ4v) is 3.74. The highest BCUT2D eigenvalue weighted by atomic mass is 16.5. The number of carbonyl (C=O) groups excluding carboxylic acids is 1. The number of aryl methyl sites for hydroxylation is 1. The maximum Gasteiger partial charge on any atom is 0.337 e. The van der Waals surface area contributed by atoms with E-state index in [9.17, 15) is 14.7 Å². The Hall–Kier alpha value is -1.84. The van der Waals surface area contributed by atoms with Crippen LogP contribution in [0.15, 0.2) is 18.2 Å². The van der Waals surface area contributed by atoms with E-state index in [0.29, 0.717) is 5.56 Å². The van der Waals surface area contributed by atoms with Crippen molar-refractivity contribution in [1.82, 2.24) is 0 Å². The van der Waals surface area contributed by atoms with E-state index in [-0.39, 0.29) is 29.6 Å². The van der Waals surface area contributed by atoms with E-state index in [1.165, 1.54) is 12.7 Å². The summed E-state index contributed by atoms with van der Waals surface area (Å²) in [7, 11) is 1.37. The van der Waals surface area contributed by atoms with Crippen LogP contribution in [0, 0.1) is 11.3 Å². The summed E-state index contributed by atoms with van der Waals surface area (Å²) in [6.07, 6.45) is 1.91. The first kappa shape index (κ1) is 16.5. The molecule has 0 spiro atoms. The largest absolute Gasteiger partial charge is 0.481 e. The van der Waals surface area contributed by atoms with E-state index in [1.807, 2.05) is 12.1 Å². The van der Waals surface area contributed by atoms with Gasteiger partial charge in [0.15, 0.2) is 0 Å². The molecular weight excluding hydrogens is 280 g/mol. The molecule has 1 N–H and O–H groups in total. The molecule has 0 radical (unpaired) electrons. The van der Waals surface area contributed by atoms with Crippen LogP contribution in [0.3, 0.4) is 0 Å². The number of ether oxygens (including phenoxy) is 1. The van der Waals surface area contributed by atoms with Gasteiger partial charge in [-0.1, -0.05) is 26.8 Å². The molecule has 2 atom stereocenters. The lowest BCUT2D eigenvalue weighted by Gasteiger charge is -2.41. The highest BCUT2D eigenvalue weighted by molar-refractivity contribution is 5.89. The van der Waals surface area contributed by atoms with Gasteiger partial charge in [0.1, 0.15) is 0 Å². The second-order valence-electron chi connectivity index (χ2n) is 7.15. The number of carboxylic acids is 1. The van der Waals surface area contributed by atoms with Gasteiger partial charge < -0.3 is 9.84 Å². The summed E-state index contributed by atoms with van der Waals surface area (Å²) in [4.78, 5) is 23.0. The smallest absolute Gasteiger partial charge is 0.337 e. The van der Waals surface area contributed by atoms with Crippen LogP contribution in [0.2, 0.25) is 0 Å². The van der Waals surface area contributed by atoms with Gasteiger partial charge in [-0.25, -0.2) is 4.79 Å². The first-order chi connectivity index (χ1) is 10.2. The Balaban J connectivity index is 2.49. The average Bonchev–Trinajstić information content (AvgIpc) is 2.43. The minimum absolute atomic E-state index is 0.0654. The fourth-order valence-electron chi connectivity index (χ4n) is 3.74. The van der Waals surface area contributed by atoms with Crippen LogP contribution in [0.4, 0.5) is 0 Å². The molecule has 0 heterocycles. The van der Waals surface area contributed by atoms with Gasteiger partial charge in [-0.2, -0.15) is 0 Å². The van der Waals surface area contributed by atoms with Gasteiger partial charge in [-0.15, -0.1) is 0 Å². The number of hydrogen-bond acceptors (Lipinski definition) is 3. The van der Waals surface area contributed by atoms with E-state index in [4.69, 9.17) is 4.74 Å². The SMILES string of the molecule is COC(=O)c1ccc2c(c1)C(C(C)(C)C)C(CC(=O)O)CC2. The maximum absolute atomic E-state index is 11.8. The monoisotopic (exact) mass is 304 g/mol. The third-order valence-electron chi connectivity index (χ3n) is 4.53. The van der Waals surface area contributed by atoms with Crippen molar-refractivity contribution in [3.8, 4) is 0 Å². The van der Waals surface area contributed by atoms with Gasteiger partial charge in [-0.3, -0.25) is 4.79 Å². The van der Waals surface area contributed by atoms with E-state index < -0.39 is 5.97 Å². The standard InChI is InChI=1S/C18H24O4/c1-18(2,3)16-12(10-15(19)20)7-5-11-6-8-13(9-14(11)16)17(21)22-4/h6,8-9,12,16H,5,7,10H2,1-4H3,(H,19,20). The van der Waals surface area contributed by atoms with Crippen LogP contribution in [0.5, 0.6) is 0 Å². The predicted molar refractivity (Wildman–Crippen MR) is 84.0 cm³/mol. The van der Waals surface area contributed by atoms with E-state index in [2.05, 4.69) is 20.8 Å². The van der Waals surface area contributed by atoms with Crippen molar-refractivity contribution < 1.29 is 19.4 Å². The molecule has 0 aromatic heterocycles. The average molecular weight is 304 g/mol. The quantitative estimate of drug-likeness (QED) is 0.866. The van der Waals surface area contributed by atoms with Crippen LogP contribution < -0.4 is 0 Å². The van der Waals surface area contributed by atoms with Gasteiger partial charge in [0.25, 0.3) is 0 Å². The van der Waals surface area contributed by atoms with Crippen molar-refractivity contribution in [2.45, 2.75) is 46.0 Å². The summed E-state index contributed by atoms with van der Waals surface area (Å²) in [6, 6.07) is 5.67. The minimum Gasteiger partial charge on any atom is -0.481 e. The molecule has 0 saturated carbocycles. The highest BCUT2D eigenvalue weighted by Crippen LogP contribution is 2.48. The Morgan fingerprint density at radius 1 is 1.32 bits per heavy atom. The number of hydrogen-bond donors (Lipinski definition) is 1. The van der Waals surface area contributed by atoms with Crippen LogP contribution >= 0.6 is 0 Å². The zero-order valence-electron chi connectivity index (χ0n) is 13.7. The minimum atomic E-state index is -0.758. The molecule has 2 unspecified atom stereocenters. The molecule has 0 fully saturated rings. The third kappa shape index (κ3) is 3.32. The number of esters is 1. The molecule has 1 aromatic rings. The van der Waals surface area contributed by atoms with Crippen LogP contribution in [-0.4, -0.2) is 24.2 Å². The first-order valence-corrected chi connectivity index (χ1v) is 7.67. The second kappa shape index (κ2) is 6.11. The molecule has 22 heavy (non-hydrogen) atoms. The molecule has 0 bridgehead atoms. The van der Waals surface area contributed by atoms with Crippen molar-refractivity contribution in [3.05, 3.63) is 34.9 Å². The molecule has 0 aliphatic heterocycles. The molecule has 4 nitrogen and oxygen atoms in total. The van der Waals surface area contributed by atoms with Crippen LogP contribution in [0.25, 0.3) is 0 Å². The van der Waals surface area contributed by atoms with Crippen molar-refractivity contribution in [2.75, 3.05) is 7.11 Å². The van der Waals surface area contributed by atoms with E-state index in [1.54, 1.807) is 6.07 Å². The van der Waals surface area contributed by atoms with Gasteiger partial charge >= 0.3 is 11.9 Å². The molecule has 120 valence electrons. The van der Waals surface area contributed by atoms with Gasteiger partial charge in [0.2, 0.25) is 0 Å². The topological polar surface area (TPSA) is 63.6 Å². The summed E-state index contributed by atoms with van der Waals surface area (Å²) < 4.78 is 4.81. The molecule has 2 rings (SSSR count). The number of benzene rings is 1. The summed E-state index contributed by atoms with van der Waals surface area (Å²) in [6.45, 7) is 6.39. The van der Waals surface area contributed by atoms with Crippen molar-refractivity contribution >= 4 is 11.9 Å². The third-order valence-corrected chi connectivity index (χ3v) is 4.53. The summed E-state index contributed by atoms with van der Waals surface area (Å²) in [5.41, 5.74) is 2.79.